The minimum absolute atomic E-state index is 0. The normalized spacial score (nSPS) is 11.7. The van der Waals surface area contributed by atoms with Gasteiger partial charge in [-0.25, -0.2) is 0 Å². The van der Waals surface area contributed by atoms with Crippen LogP contribution in [0.1, 0.15) is 27.8 Å². The predicted octanol–water partition coefficient (Wildman–Crippen LogP) is 12.4. The third kappa shape index (κ3) is 7.93. The Kier molecular flexibility index (Phi) is 11.5. The summed E-state index contributed by atoms with van der Waals surface area (Å²) in [5, 5.41) is 0. The van der Waals surface area contributed by atoms with Crippen molar-refractivity contribution < 1.29 is 29.6 Å². The van der Waals surface area contributed by atoms with E-state index in [9.17, 15) is 0 Å². The third-order valence-corrected chi connectivity index (χ3v) is 12.0. The van der Waals surface area contributed by atoms with Gasteiger partial charge in [0.15, 0.2) is 0 Å². The van der Waals surface area contributed by atoms with Crippen molar-refractivity contribution in [3.05, 3.63) is 210 Å². The molecule has 4 heterocycles. The van der Waals surface area contributed by atoms with Crippen LogP contribution in [0.3, 0.4) is 0 Å². The minimum Gasteiger partial charge on any atom is -0.503 e. The van der Waals surface area contributed by atoms with Crippen molar-refractivity contribution in [3.63, 3.8) is 0 Å². The van der Waals surface area contributed by atoms with Crippen LogP contribution in [0.4, 0.5) is 0 Å². The van der Waals surface area contributed by atoms with Gasteiger partial charge in [-0.15, -0.1) is 53.0 Å². The number of aryl methyl sites for hydroxylation is 5. The first-order valence-corrected chi connectivity index (χ1v) is 21.1. The number of fused-ring (bicyclic) bond motifs is 4. The van der Waals surface area contributed by atoms with Crippen molar-refractivity contribution in [2.75, 3.05) is 0 Å². The van der Waals surface area contributed by atoms with Crippen LogP contribution in [0, 0.1) is 46.8 Å². The largest absolute Gasteiger partial charge is 0.503 e. The zero-order chi connectivity index (χ0) is 42.3. The number of pyridine rings is 2. The van der Waals surface area contributed by atoms with Crippen molar-refractivity contribution in [2.24, 2.45) is 0 Å². The fourth-order valence-electron chi connectivity index (χ4n) is 8.84. The molecule has 307 valence electrons. The van der Waals surface area contributed by atoms with Crippen molar-refractivity contribution in [3.8, 4) is 78.9 Å². The zero-order valence-electron chi connectivity index (χ0n) is 35.8. The van der Waals surface area contributed by atoms with Gasteiger partial charge in [0.1, 0.15) is 17.2 Å². The van der Waals surface area contributed by atoms with Crippen molar-refractivity contribution in [1.29, 1.82) is 0 Å². The summed E-state index contributed by atoms with van der Waals surface area (Å²) in [4.78, 5) is 9.50. The topological polar surface area (TPSA) is 44.2 Å². The Balaban J connectivity index is 0.000000166. The van der Waals surface area contributed by atoms with Gasteiger partial charge in [-0.1, -0.05) is 139 Å². The van der Waals surface area contributed by atoms with Crippen LogP contribution < -0.4 is 25.9 Å². The number of aromatic nitrogens is 2. The Bertz CT molecular complexity index is 3060. The van der Waals surface area contributed by atoms with Gasteiger partial charge in [-0.05, 0) is 107 Å². The minimum atomic E-state index is 0. The van der Waals surface area contributed by atoms with Crippen LogP contribution in [0.15, 0.2) is 170 Å². The molecule has 0 N–H and O–H groups in total. The first-order chi connectivity index (χ1) is 30.3. The van der Waals surface area contributed by atoms with E-state index >= 15 is 0 Å². The molecule has 9 aromatic rings. The molecule has 0 fully saturated rings. The first kappa shape index (κ1) is 41.5. The fraction of sp³-hybridized carbons (Fsp3) is 0.0877. The second kappa shape index (κ2) is 17.5. The van der Waals surface area contributed by atoms with E-state index in [0.29, 0.717) is 0 Å². The Morgan fingerprint density at radius 2 is 1.10 bits per heavy atom. The van der Waals surface area contributed by atoms with Crippen LogP contribution >= 0.6 is 0 Å². The molecule has 1 radical (unpaired) electrons. The molecular weight excluding hydrogens is 948 g/mol. The molecule has 7 aromatic carbocycles. The summed E-state index contributed by atoms with van der Waals surface area (Å²) < 4.78 is 12.8. The van der Waals surface area contributed by atoms with Crippen molar-refractivity contribution in [1.82, 2.24) is 9.97 Å². The summed E-state index contributed by atoms with van der Waals surface area (Å²) in [5.74, 6) is 3.37. The van der Waals surface area contributed by atoms with Gasteiger partial charge in [0.2, 0.25) is 6.71 Å². The maximum Gasteiger partial charge on any atom is 0.241 e. The molecule has 0 amide bonds. The number of para-hydroxylation sites is 1. The molecule has 0 saturated heterocycles. The standard InChI is InChI=1S/C32H23BNO2.C25H20N.Ir/c1-19-14-15-22(20(2)16-19)24-17-27(34-18-21(24)3)23-8-6-10-26-32(23)36-30-13-7-12-29-31(30)33(26)25-9-4-5-11-28(25)35-29;1-18-13-14-22(15-23(18)20-9-5-3-6-10-20)25-16-24(19(2)17-26-25)21-11-7-4-8-12-21;/h4-7,9-18H,1-3H3;3-13,15-17H,1-2H3;/q2*-1;. The Morgan fingerprint density at radius 3 is 1.83 bits per heavy atom. The average molecular weight is 991 g/mol. The fourth-order valence-corrected chi connectivity index (χ4v) is 8.84. The summed E-state index contributed by atoms with van der Waals surface area (Å²) in [5.41, 5.74) is 20.4. The van der Waals surface area contributed by atoms with Gasteiger partial charge in [0, 0.05) is 43.7 Å². The van der Waals surface area contributed by atoms with E-state index in [2.05, 4.69) is 161 Å². The summed E-state index contributed by atoms with van der Waals surface area (Å²) in [6.45, 7) is 10.7. The zero-order valence-corrected chi connectivity index (χ0v) is 38.2. The van der Waals surface area contributed by atoms with Crippen molar-refractivity contribution >= 4 is 23.1 Å². The number of hydrogen-bond donors (Lipinski definition) is 0. The molecule has 11 rings (SSSR count). The van der Waals surface area contributed by atoms with E-state index in [4.69, 9.17) is 14.5 Å². The SMILES string of the molecule is Cc1c[c-]c(-c2cc(-c3ccccc3)c(C)cn2)cc1-c1ccccc1.Cc1ccc(-c2cc(-c3[c-]ccc4c3Oc3cccc5c3B4c3ccccc3O5)ncc2C)c(C)c1.[Ir]. The maximum atomic E-state index is 6.59. The average Bonchev–Trinajstić information content (AvgIpc) is 3.30. The summed E-state index contributed by atoms with van der Waals surface area (Å²) in [7, 11) is 0. The van der Waals surface area contributed by atoms with Crippen LogP contribution in [-0.4, -0.2) is 16.7 Å². The van der Waals surface area contributed by atoms with Gasteiger partial charge in [-0.3, -0.25) is 0 Å². The number of hydrogen-bond acceptors (Lipinski definition) is 4. The summed E-state index contributed by atoms with van der Waals surface area (Å²) in [6, 6.07) is 61.4. The molecule has 0 aliphatic carbocycles. The monoisotopic (exact) mass is 991 g/mol. The number of benzene rings is 7. The second-order valence-electron chi connectivity index (χ2n) is 16.2. The van der Waals surface area contributed by atoms with E-state index in [0.717, 1.165) is 67.5 Å². The first-order valence-electron chi connectivity index (χ1n) is 21.1. The van der Waals surface area contributed by atoms with Gasteiger partial charge < -0.3 is 19.4 Å². The van der Waals surface area contributed by atoms with Crippen LogP contribution in [0.25, 0.3) is 55.9 Å². The predicted molar refractivity (Wildman–Crippen MR) is 255 cm³/mol. The quantitative estimate of drug-likeness (QED) is 0.127. The van der Waals surface area contributed by atoms with Crippen molar-refractivity contribution in [2.45, 2.75) is 34.6 Å². The Labute approximate surface area is 384 Å². The van der Waals surface area contributed by atoms with Crippen LogP contribution in [-0.2, 0) is 20.1 Å². The number of rotatable bonds is 5. The molecule has 4 nitrogen and oxygen atoms in total. The molecule has 63 heavy (non-hydrogen) atoms. The van der Waals surface area contributed by atoms with Crippen LogP contribution in [0.5, 0.6) is 23.0 Å². The Hall–Kier alpha value is -6.85. The maximum absolute atomic E-state index is 6.59. The molecule has 0 saturated carbocycles. The smallest absolute Gasteiger partial charge is 0.241 e. The number of nitrogens with zero attached hydrogens (tertiary/aromatic N) is 2. The van der Waals surface area contributed by atoms with E-state index in [1.54, 1.807) is 0 Å². The van der Waals surface area contributed by atoms with E-state index in [-0.39, 0.29) is 26.8 Å². The second-order valence-corrected chi connectivity index (χ2v) is 16.2. The molecule has 2 aliphatic rings. The van der Waals surface area contributed by atoms with Gasteiger partial charge in [0.25, 0.3) is 0 Å². The van der Waals surface area contributed by atoms with Gasteiger partial charge >= 0.3 is 0 Å². The summed E-state index contributed by atoms with van der Waals surface area (Å²) >= 11 is 0. The summed E-state index contributed by atoms with van der Waals surface area (Å²) in [6.07, 6.45) is 3.91. The van der Waals surface area contributed by atoms with Gasteiger partial charge in [-0.2, -0.15) is 0 Å². The third-order valence-electron chi connectivity index (χ3n) is 12.0. The molecule has 2 aliphatic heterocycles. The van der Waals surface area contributed by atoms with Gasteiger partial charge in [0.05, 0.1) is 0 Å². The van der Waals surface area contributed by atoms with E-state index in [1.165, 1.54) is 55.6 Å². The molecule has 0 atom stereocenters. The molecule has 2 aromatic heterocycles. The molecule has 0 bridgehead atoms. The number of ether oxygens (including phenoxy) is 2. The van der Waals surface area contributed by atoms with Crippen LogP contribution in [0.2, 0.25) is 0 Å². The van der Waals surface area contributed by atoms with E-state index < -0.39 is 0 Å². The Morgan fingerprint density at radius 1 is 0.476 bits per heavy atom. The molecule has 0 unspecified atom stereocenters. The molecular formula is C57H43BIrN2O2-2. The molecule has 0 spiro atoms. The molecule has 6 heteroatoms. The van der Waals surface area contributed by atoms with E-state index in [1.807, 2.05) is 60.9 Å².